The predicted octanol–water partition coefficient (Wildman–Crippen LogP) is 5.55. The molecule has 21 heavy (non-hydrogen) atoms. The van der Waals surface area contributed by atoms with Crippen molar-refractivity contribution >= 4 is 0 Å². The van der Waals surface area contributed by atoms with Crippen LogP contribution in [-0.2, 0) is 11.8 Å². The molecule has 116 valence electrons. The van der Waals surface area contributed by atoms with Crippen molar-refractivity contribution in [1.29, 1.82) is 0 Å². The Kier molecular flexibility index (Phi) is 3.39. The Morgan fingerprint density at radius 2 is 1.86 bits per heavy atom. The fraction of sp³-hybridized carbons (Fsp3) is 0.700. The number of aromatic hydroxyl groups is 1. The molecule has 0 spiro atoms. The van der Waals surface area contributed by atoms with Crippen molar-refractivity contribution < 1.29 is 5.11 Å². The summed E-state index contributed by atoms with van der Waals surface area (Å²) in [6.07, 6.45) is 6.41. The van der Waals surface area contributed by atoms with E-state index >= 15 is 0 Å². The summed E-state index contributed by atoms with van der Waals surface area (Å²) in [5.74, 6) is 1.65. The molecular formula is C20H30O. The van der Waals surface area contributed by atoms with Crippen LogP contribution in [0.25, 0.3) is 0 Å². The molecule has 1 nitrogen and oxygen atoms in total. The van der Waals surface area contributed by atoms with Gasteiger partial charge in [-0.1, -0.05) is 47.1 Å². The van der Waals surface area contributed by atoms with Gasteiger partial charge in [0, 0.05) is 0 Å². The van der Waals surface area contributed by atoms with Crippen LogP contribution in [-0.4, -0.2) is 5.11 Å². The van der Waals surface area contributed by atoms with Crippen LogP contribution in [0.2, 0.25) is 0 Å². The maximum atomic E-state index is 10.5. The van der Waals surface area contributed by atoms with E-state index in [1.54, 1.807) is 0 Å². The molecule has 1 N–H and O–H groups in total. The molecule has 0 heterocycles. The van der Waals surface area contributed by atoms with Crippen LogP contribution in [0.5, 0.6) is 5.75 Å². The number of hydrogen-bond acceptors (Lipinski definition) is 1. The summed E-state index contributed by atoms with van der Waals surface area (Å²) in [5, 5.41) is 10.5. The van der Waals surface area contributed by atoms with E-state index in [2.05, 4.69) is 46.8 Å². The lowest BCUT2D eigenvalue weighted by atomic mass is 9.50. The third-order valence-electron chi connectivity index (χ3n) is 6.42. The second-order valence-corrected chi connectivity index (χ2v) is 8.57. The van der Waals surface area contributed by atoms with Crippen molar-refractivity contribution in [2.45, 2.75) is 78.1 Å². The molecule has 1 aromatic carbocycles. The minimum atomic E-state index is 0.252. The summed E-state index contributed by atoms with van der Waals surface area (Å²) >= 11 is 0. The maximum absolute atomic E-state index is 10.5. The van der Waals surface area contributed by atoms with Gasteiger partial charge in [-0.2, -0.15) is 0 Å². The molecule has 3 rings (SSSR count). The second kappa shape index (κ2) is 4.76. The van der Waals surface area contributed by atoms with Crippen LogP contribution in [0.1, 0.15) is 82.9 Å². The number of phenolic OH excluding ortho intramolecular Hbond substituents is 1. The van der Waals surface area contributed by atoms with E-state index in [0.29, 0.717) is 17.1 Å². The molecule has 0 unspecified atom stereocenters. The van der Waals surface area contributed by atoms with E-state index in [0.717, 1.165) is 11.5 Å². The lowest BCUT2D eigenvalue weighted by Crippen LogP contribution is -2.47. The largest absolute Gasteiger partial charge is 0.508 e. The molecule has 0 bridgehead atoms. The van der Waals surface area contributed by atoms with Crippen molar-refractivity contribution in [2.24, 2.45) is 11.3 Å². The quantitative estimate of drug-likeness (QED) is 0.718. The highest BCUT2D eigenvalue weighted by Gasteiger charge is 2.49. The van der Waals surface area contributed by atoms with E-state index in [1.165, 1.54) is 43.2 Å². The van der Waals surface area contributed by atoms with Crippen LogP contribution in [0.15, 0.2) is 12.1 Å². The van der Waals surface area contributed by atoms with Crippen LogP contribution < -0.4 is 0 Å². The van der Waals surface area contributed by atoms with Gasteiger partial charge >= 0.3 is 0 Å². The van der Waals surface area contributed by atoms with Gasteiger partial charge in [-0.25, -0.2) is 0 Å². The number of fused-ring (bicyclic) bond motifs is 3. The van der Waals surface area contributed by atoms with E-state index in [-0.39, 0.29) is 5.41 Å². The van der Waals surface area contributed by atoms with Gasteiger partial charge in [-0.05, 0) is 71.1 Å². The third-order valence-corrected chi connectivity index (χ3v) is 6.42. The van der Waals surface area contributed by atoms with Crippen LogP contribution in [0.3, 0.4) is 0 Å². The molecule has 0 aromatic heterocycles. The Morgan fingerprint density at radius 1 is 1.14 bits per heavy atom. The molecule has 1 fully saturated rings. The number of aryl methyl sites for hydroxylation is 1. The van der Waals surface area contributed by atoms with E-state index in [9.17, 15) is 5.11 Å². The van der Waals surface area contributed by atoms with E-state index < -0.39 is 0 Å². The molecule has 1 saturated carbocycles. The summed E-state index contributed by atoms with van der Waals surface area (Å²) in [6, 6.07) is 4.40. The van der Waals surface area contributed by atoms with Crippen LogP contribution in [0.4, 0.5) is 0 Å². The minimum absolute atomic E-state index is 0.252. The standard InChI is InChI=1S/C20H30O/c1-13(2)15-11-14-7-8-18-19(3,4)9-6-10-20(18,5)16(14)12-17(15)21/h11-13,18,21H,6-10H2,1-5H3/t18-,20+/m0/s1. The molecule has 0 radical (unpaired) electrons. The predicted molar refractivity (Wildman–Crippen MR) is 89.0 cm³/mol. The van der Waals surface area contributed by atoms with Gasteiger partial charge in [-0.15, -0.1) is 0 Å². The normalized spacial score (nSPS) is 30.9. The van der Waals surface area contributed by atoms with Gasteiger partial charge in [0.1, 0.15) is 5.75 Å². The molecule has 0 amide bonds. The lowest BCUT2D eigenvalue weighted by Gasteiger charge is -2.54. The van der Waals surface area contributed by atoms with Crippen molar-refractivity contribution in [2.75, 3.05) is 0 Å². The molecule has 2 aliphatic carbocycles. The highest BCUT2D eigenvalue weighted by molar-refractivity contribution is 5.48. The first-order valence-corrected chi connectivity index (χ1v) is 8.62. The summed E-state index contributed by atoms with van der Waals surface area (Å²) in [7, 11) is 0. The second-order valence-electron chi connectivity index (χ2n) is 8.57. The summed E-state index contributed by atoms with van der Waals surface area (Å²) in [5.41, 5.74) is 4.73. The Bertz CT molecular complexity index is 555. The maximum Gasteiger partial charge on any atom is 0.119 e. The Morgan fingerprint density at radius 3 is 2.52 bits per heavy atom. The fourth-order valence-electron chi connectivity index (χ4n) is 5.31. The first-order valence-electron chi connectivity index (χ1n) is 8.62. The molecule has 2 aliphatic rings. The minimum Gasteiger partial charge on any atom is -0.508 e. The SMILES string of the molecule is CC(C)c1cc2c(cc1O)[C@@]1(C)CCCC(C)(C)[C@@H]1CC2. The average Bonchev–Trinajstić information content (AvgIpc) is 2.37. The zero-order valence-corrected chi connectivity index (χ0v) is 14.3. The number of hydrogen-bond donors (Lipinski definition) is 1. The fourth-order valence-corrected chi connectivity index (χ4v) is 5.31. The topological polar surface area (TPSA) is 20.2 Å². The van der Waals surface area contributed by atoms with Crippen molar-refractivity contribution in [3.05, 3.63) is 28.8 Å². The van der Waals surface area contributed by atoms with Gasteiger partial charge in [0.15, 0.2) is 0 Å². The molecule has 2 atom stereocenters. The average molecular weight is 286 g/mol. The van der Waals surface area contributed by atoms with Crippen LogP contribution in [0, 0.1) is 11.3 Å². The molecule has 1 aromatic rings. The zero-order chi connectivity index (χ0) is 15.4. The number of phenols is 1. The van der Waals surface area contributed by atoms with E-state index in [4.69, 9.17) is 0 Å². The summed E-state index contributed by atoms with van der Waals surface area (Å²) < 4.78 is 0. The molecule has 1 heteroatoms. The highest BCUT2D eigenvalue weighted by Crippen LogP contribution is 2.57. The lowest BCUT2D eigenvalue weighted by molar-refractivity contribution is 0.0405. The molecule has 0 aliphatic heterocycles. The molecular weight excluding hydrogens is 256 g/mol. The van der Waals surface area contributed by atoms with Gasteiger partial charge in [0.2, 0.25) is 0 Å². The first-order chi connectivity index (χ1) is 9.75. The molecule has 0 saturated heterocycles. The van der Waals surface area contributed by atoms with Crippen molar-refractivity contribution in [3.63, 3.8) is 0 Å². The summed E-state index contributed by atoms with van der Waals surface area (Å²) in [6.45, 7) is 11.7. The smallest absolute Gasteiger partial charge is 0.119 e. The van der Waals surface area contributed by atoms with Crippen LogP contribution >= 0.6 is 0 Å². The van der Waals surface area contributed by atoms with Crippen molar-refractivity contribution in [3.8, 4) is 5.75 Å². The van der Waals surface area contributed by atoms with Gasteiger partial charge in [0.25, 0.3) is 0 Å². The highest BCUT2D eigenvalue weighted by atomic mass is 16.3. The Labute approximate surface area is 129 Å². The van der Waals surface area contributed by atoms with Crippen molar-refractivity contribution in [1.82, 2.24) is 0 Å². The van der Waals surface area contributed by atoms with Gasteiger partial charge < -0.3 is 5.11 Å². The number of rotatable bonds is 1. The van der Waals surface area contributed by atoms with E-state index in [1.807, 2.05) is 0 Å². The Balaban J connectivity index is 2.12. The first kappa shape index (κ1) is 14.9. The monoisotopic (exact) mass is 286 g/mol. The Hall–Kier alpha value is -0.980. The summed E-state index contributed by atoms with van der Waals surface area (Å²) in [4.78, 5) is 0. The third kappa shape index (κ3) is 2.20. The van der Waals surface area contributed by atoms with Gasteiger partial charge in [0.05, 0.1) is 0 Å². The zero-order valence-electron chi connectivity index (χ0n) is 14.3. The van der Waals surface area contributed by atoms with Gasteiger partial charge in [-0.3, -0.25) is 0 Å². The number of benzene rings is 1.